The Hall–Kier alpha value is -1.88. The van der Waals surface area contributed by atoms with Gasteiger partial charge in [-0.25, -0.2) is 0 Å². The summed E-state index contributed by atoms with van der Waals surface area (Å²) in [4.78, 5) is 26.4. The number of amides is 1. The second kappa shape index (κ2) is 8.21. The maximum atomic E-state index is 12.8. The highest BCUT2D eigenvalue weighted by Crippen LogP contribution is 2.27. The Morgan fingerprint density at radius 1 is 1.08 bits per heavy atom. The number of likely N-dealkylation sites (tertiary alicyclic amines) is 1. The number of nitrogens with one attached hydrogen (secondary N) is 1. The monoisotopic (exact) mass is 358 g/mol. The molecule has 5 heteroatoms. The summed E-state index contributed by atoms with van der Waals surface area (Å²) in [6, 6.07) is 6.48. The van der Waals surface area contributed by atoms with Crippen LogP contribution in [0.5, 0.6) is 0 Å². The molecule has 1 saturated heterocycles. The molecule has 5 nitrogen and oxygen atoms in total. The van der Waals surface area contributed by atoms with E-state index in [1.54, 1.807) is 0 Å². The zero-order valence-corrected chi connectivity index (χ0v) is 16.1. The van der Waals surface area contributed by atoms with Crippen LogP contribution in [0.3, 0.4) is 0 Å². The van der Waals surface area contributed by atoms with Crippen LogP contribution >= 0.6 is 0 Å². The molecule has 1 aromatic carbocycles. The summed E-state index contributed by atoms with van der Waals surface area (Å²) in [7, 11) is 0. The highest BCUT2D eigenvalue weighted by Gasteiger charge is 2.36. The number of carbonyl (C=O) groups excluding carboxylic acids is 2. The summed E-state index contributed by atoms with van der Waals surface area (Å²) >= 11 is 0. The van der Waals surface area contributed by atoms with E-state index >= 15 is 0 Å². The first-order valence-corrected chi connectivity index (χ1v) is 9.73. The van der Waals surface area contributed by atoms with E-state index in [0.717, 1.165) is 55.5 Å². The standard InChI is InChI=1S/C21H30N2O3/c1-14-10-15(2)12-17(11-14)21(25)22-19-6-4-5-7-20(19)23-9-8-18(13-23)26-16(3)24/h10-12,18-20H,4-9,13H2,1-3H3,(H,22,25)/t18?,19-,20+/m1/s1. The van der Waals surface area contributed by atoms with E-state index < -0.39 is 0 Å². The normalized spacial score (nSPS) is 26.5. The van der Waals surface area contributed by atoms with Crippen molar-refractivity contribution in [3.8, 4) is 0 Å². The summed E-state index contributed by atoms with van der Waals surface area (Å²) in [5.41, 5.74) is 2.96. The molecule has 1 unspecified atom stereocenters. The number of aryl methyl sites for hydroxylation is 2. The smallest absolute Gasteiger partial charge is 0.302 e. The van der Waals surface area contributed by atoms with Gasteiger partial charge in [-0.2, -0.15) is 0 Å². The fourth-order valence-corrected chi connectivity index (χ4v) is 4.46. The van der Waals surface area contributed by atoms with Gasteiger partial charge in [0, 0.05) is 37.7 Å². The molecule has 1 N–H and O–H groups in total. The first-order valence-electron chi connectivity index (χ1n) is 9.73. The minimum atomic E-state index is -0.208. The third-order valence-electron chi connectivity index (χ3n) is 5.51. The topological polar surface area (TPSA) is 58.6 Å². The molecule has 0 aromatic heterocycles. The molecular formula is C21H30N2O3. The molecule has 0 spiro atoms. The van der Waals surface area contributed by atoms with Gasteiger partial charge in [0.15, 0.2) is 0 Å². The molecule has 3 rings (SSSR count). The lowest BCUT2D eigenvalue weighted by atomic mass is 9.89. The Labute approximate surface area is 156 Å². The van der Waals surface area contributed by atoms with E-state index in [4.69, 9.17) is 4.74 Å². The maximum absolute atomic E-state index is 12.8. The van der Waals surface area contributed by atoms with Crippen molar-refractivity contribution in [1.29, 1.82) is 0 Å². The molecule has 1 aliphatic heterocycles. The predicted octanol–water partition coefficient (Wildman–Crippen LogP) is 2.98. The largest absolute Gasteiger partial charge is 0.461 e. The van der Waals surface area contributed by atoms with Gasteiger partial charge in [-0.15, -0.1) is 0 Å². The van der Waals surface area contributed by atoms with Crippen molar-refractivity contribution in [2.75, 3.05) is 13.1 Å². The predicted molar refractivity (Wildman–Crippen MR) is 101 cm³/mol. The van der Waals surface area contributed by atoms with Crippen molar-refractivity contribution in [2.24, 2.45) is 0 Å². The third kappa shape index (κ3) is 4.64. The molecular weight excluding hydrogens is 328 g/mol. The van der Waals surface area contributed by atoms with Crippen LogP contribution in [0.15, 0.2) is 18.2 Å². The van der Waals surface area contributed by atoms with Gasteiger partial charge in [-0.3, -0.25) is 14.5 Å². The third-order valence-corrected chi connectivity index (χ3v) is 5.51. The quantitative estimate of drug-likeness (QED) is 0.841. The van der Waals surface area contributed by atoms with E-state index in [0.29, 0.717) is 6.04 Å². The van der Waals surface area contributed by atoms with E-state index in [1.165, 1.54) is 13.3 Å². The van der Waals surface area contributed by atoms with Crippen LogP contribution in [-0.2, 0) is 9.53 Å². The van der Waals surface area contributed by atoms with Crippen LogP contribution in [0.2, 0.25) is 0 Å². The summed E-state index contributed by atoms with van der Waals surface area (Å²) in [6.45, 7) is 7.22. The van der Waals surface area contributed by atoms with Crippen LogP contribution < -0.4 is 5.32 Å². The van der Waals surface area contributed by atoms with Crippen molar-refractivity contribution in [1.82, 2.24) is 10.2 Å². The molecule has 2 fully saturated rings. The van der Waals surface area contributed by atoms with Crippen molar-refractivity contribution >= 4 is 11.9 Å². The van der Waals surface area contributed by atoms with Crippen LogP contribution in [0, 0.1) is 13.8 Å². The van der Waals surface area contributed by atoms with Gasteiger partial charge in [-0.05, 0) is 45.2 Å². The molecule has 0 radical (unpaired) electrons. The zero-order valence-electron chi connectivity index (χ0n) is 16.1. The average Bonchev–Trinajstić information content (AvgIpc) is 3.02. The first-order chi connectivity index (χ1) is 12.4. The lowest BCUT2D eigenvalue weighted by Crippen LogP contribution is -2.53. The first kappa shape index (κ1) is 18.9. The summed E-state index contributed by atoms with van der Waals surface area (Å²) in [6.07, 6.45) is 5.31. The molecule has 1 heterocycles. The molecule has 1 saturated carbocycles. The molecule has 2 aliphatic rings. The Kier molecular flexibility index (Phi) is 5.97. The lowest BCUT2D eigenvalue weighted by Gasteiger charge is -2.38. The van der Waals surface area contributed by atoms with Gasteiger partial charge in [0.2, 0.25) is 0 Å². The Bertz CT molecular complexity index is 653. The van der Waals surface area contributed by atoms with Crippen molar-refractivity contribution in [3.05, 3.63) is 34.9 Å². The Morgan fingerprint density at radius 2 is 1.77 bits per heavy atom. The van der Waals surface area contributed by atoms with Crippen LogP contribution in [0.4, 0.5) is 0 Å². The van der Waals surface area contributed by atoms with Gasteiger partial charge in [0.05, 0.1) is 0 Å². The van der Waals surface area contributed by atoms with E-state index in [-0.39, 0.29) is 24.0 Å². The van der Waals surface area contributed by atoms with Gasteiger partial charge in [0.25, 0.3) is 5.91 Å². The number of esters is 1. The number of nitrogens with zero attached hydrogens (tertiary/aromatic N) is 1. The van der Waals surface area contributed by atoms with Crippen LogP contribution in [0.25, 0.3) is 0 Å². The molecule has 1 aliphatic carbocycles. The van der Waals surface area contributed by atoms with Crippen LogP contribution in [0.1, 0.15) is 60.5 Å². The van der Waals surface area contributed by atoms with E-state index in [9.17, 15) is 9.59 Å². The second-order valence-corrected chi connectivity index (χ2v) is 7.82. The second-order valence-electron chi connectivity index (χ2n) is 7.82. The van der Waals surface area contributed by atoms with E-state index in [1.807, 2.05) is 26.0 Å². The van der Waals surface area contributed by atoms with Gasteiger partial charge in [0.1, 0.15) is 6.10 Å². The molecule has 142 valence electrons. The number of rotatable bonds is 4. The number of ether oxygens (including phenoxy) is 1. The zero-order chi connectivity index (χ0) is 18.7. The number of hydrogen-bond donors (Lipinski definition) is 1. The average molecular weight is 358 g/mol. The number of carbonyl (C=O) groups is 2. The Morgan fingerprint density at radius 3 is 2.46 bits per heavy atom. The lowest BCUT2D eigenvalue weighted by molar-refractivity contribution is -0.145. The summed E-state index contributed by atoms with van der Waals surface area (Å²) in [5, 5.41) is 3.28. The van der Waals surface area contributed by atoms with Crippen molar-refractivity contribution < 1.29 is 14.3 Å². The van der Waals surface area contributed by atoms with Crippen molar-refractivity contribution in [3.63, 3.8) is 0 Å². The van der Waals surface area contributed by atoms with Gasteiger partial charge in [-0.1, -0.05) is 30.0 Å². The SMILES string of the molecule is CC(=O)OC1CCN([C@H]2CCCC[C@H]2NC(=O)c2cc(C)cc(C)c2)C1. The maximum Gasteiger partial charge on any atom is 0.302 e. The van der Waals surface area contributed by atoms with E-state index in [2.05, 4.69) is 16.3 Å². The molecule has 1 aromatic rings. The summed E-state index contributed by atoms with van der Waals surface area (Å²) < 4.78 is 5.38. The Balaban J connectivity index is 1.65. The number of benzene rings is 1. The molecule has 1 amide bonds. The summed E-state index contributed by atoms with van der Waals surface area (Å²) in [5.74, 6) is -0.190. The van der Waals surface area contributed by atoms with Gasteiger partial charge >= 0.3 is 5.97 Å². The molecule has 3 atom stereocenters. The fourth-order valence-electron chi connectivity index (χ4n) is 4.46. The highest BCUT2D eigenvalue weighted by molar-refractivity contribution is 5.94. The van der Waals surface area contributed by atoms with Gasteiger partial charge < -0.3 is 10.1 Å². The minimum Gasteiger partial charge on any atom is -0.461 e. The fraction of sp³-hybridized carbons (Fsp3) is 0.619. The molecule has 26 heavy (non-hydrogen) atoms. The van der Waals surface area contributed by atoms with Crippen LogP contribution in [-0.4, -0.2) is 48.1 Å². The van der Waals surface area contributed by atoms with Crippen molar-refractivity contribution in [2.45, 2.75) is 71.1 Å². The molecule has 0 bridgehead atoms. The number of hydrogen-bond acceptors (Lipinski definition) is 4. The minimum absolute atomic E-state index is 0.00907. The highest BCUT2D eigenvalue weighted by atomic mass is 16.5.